The van der Waals surface area contributed by atoms with E-state index in [4.69, 9.17) is 4.74 Å². The first kappa shape index (κ1) is 12.4. The van der Waals surface area contributed by atoms with Crippen LogP contribution in [0.25, 0.3) is 0 Å². The van der Waals surface area contributed by atoms with Crippen molar-refractivity contribution in [3.63, 3.8) is 0 Å². The molecule has 0 saturated carbocycles. The fraction of sp³-hybridized carbons (Fsp3) is 0.917. The van der Waals surface area contributed by atoms with E-state index >= 15 is 0 Å². The molecule has 2 saturated heterocycles. The molecule has 4 heteroatoms. The Morgan fingerprint density at radius 3 is 2.62 bits per heavy atom. The highest BCUT2D eigenvalue weighted by atomic mass is 79.9. The minimum absolute atomic E-state index is 0.216. The average molecular weight is 290 g/mol. The SMILES string of the molecule is CC1CN(C(=O)C2CCOCC2)CCC1Br. The predicted octanol–water partition coefficient (Wildman–Crippen LogP) is 2.04. The van der Waals surface area contributed by atoms with Crippen molar-refractivity contribution in [2.75, 3.05) is 26.3 Å². The maximum absolute atomic E-state index is 12.3. The summed E-state index contributed by atoms with van der Waals surface area (Å²) in [4.78, 5) is 14.9. The van der Waals surface area contributed by atoms with Crippen molar-refractivity contribution >= 4 is 21.8 Å². The van der Waals surface area contributed by atoms with Crippen LogP contribution in [0.3, 0.4) is 0 Å². The van der Waals surface area contributed by atoms with Gasteiger partial charge in [0.05, 0.1) is 0 Å². The zero-order chi connectivity index (χ0) is 11.5. The van der Waals surface area contributed by atoms with Gasteiger partial charge in [-0.25, -0.2) is 0 Å². The van der Waals surface area contributed by atoms with Gasteiger partial charge in [-0.2, -0.15) is 0 Å². The summed E-state index contributed by atoms with van der Waals surface area (Å²) in [6, 6.07) is 0. The molecule has 92 valence electrons. The molecule has 16 heavy (non-hydrogen) atoms. The van der Waals surface area contributed by atoms with E-state index in [0.29, 0.717) is 16.7 Å². The van der Waals surface area contributed by atoms with E-state index in [1.54, 1.807) is 0 Å². The molecule has 3 nitrogen and oxygen atoms in total. The number of carbonyl (C=O) groups is 1. The van der Waals surface area contributed by atoms with Crippen molar-refractivity contribution in [1.82, 2.24) is 4.90 Å². The normalized spacial score (nSPS) is 32.8. The second-order valence-corrected chi connectivity index (χ2v) is 6.13. The van der Waals surface area contributed by atoms with Gasteiger partial charge in [0.25, 0.3) is 0 Å². The first-order chi connectivity index (χ1) is 7.68. The van der Waals surface area contributed by atoms with Crippen molar-refractivity contribution < 1.29 is 9.53 Å². The van der Waals surface area contributed by atoms with Crippen molar-refractivity contribution in [1.29, 1.82) is 0 Å². The lowest BCUT2D eigenvalue weighted by molar-refractivity contribution is -0.140. The largest absolute Gasteiger partial charge is 0.381 e. The Hall–Kier alpha value is -0.0900. The Labute approximate surface area is 106 Å². The molecule has 0 aromatic heterocycles. The number of ether oxygens (including phenoxy) is 1. The van der Waals surface area contributed by atoms with Gasteiger partial charge in [-0.15, -0.1) is 0 Å². The van der Waals surface area contributed by atoms with E-state index in [9.17, 15) is 4.79 Å². The van der Waals surface area contributed by atoms with Crippen LogP contribution in [0.5, 0.6) is 0 Å². The molecular formula is C12H20BrNO2. The third-order valence-corrected chi connectivity index (χ3v) is 5.04. The van der Waals surface area contributed by atoms with Crippen LogP contribution >= 0.6 is 15.9 Å². The molecule has 2 fully saturated rings. The summed E-state index contributed by atoms with van der Waals surface area (Å²) >= 11 is 3.67. The molecule has 0 N–H and O–H groups in total. The highest BCUT2D eigenvalue weighted by Gasteiger charge is 2.31. The van der Waals surface area contributed by atoms with Crippen molar-refractivity contribution in [2.45, 2.75) is 31.0 Å². The van der Waals surface area contributed by atoms with Crippen LogP contribution in [-0.4, -0.2) is 41.9 Å². The lowest BCUT2D eigenvalue weighted by Gasteiger charge is -2.37. The number of piperidine rings is 1. The van der Waals surface area contributed by atoms with Crippen LogP contribution in [0.2, 0.25) is 0 Å². The van der Waals surface area contributed by atoms with Gasteiger partial charge >= 0.3 is 0 Å². The molecule has 2 unspecified atom stereocenters. The van der Waals surface area contributed by atoms with Gasteiger partial charge in [0.2, 0.25) is 5.91 Å². The van der Waals surface area contributed by atoms with E-state index in [2.05, 4.69) is 27.8 Å². The third-order valence-electron chi connectivity index (χ3n) is 3.68. The zero-order valence-corrected chi connectivity index (χ0v) is 11.4. The lowest BCUT2D eigenvalue weighted by atomic mass is 9.95. The van der Waals surface area contributed by atoms with Crippen LogP contribution < -0.4 is 0 Å². The second kappa shape index (κ2) is 5.50. The monoisotopic (exact) mass is 289 g/mol. The molecule has 2 heterocycles. The number of alkyl halides is 1. The fourth-order valence-corrected chi connectivity index (χ4v) is 2.89. The highest BCUT2D eigenvalue weighted by Crippen LogP contribution is 2.26. The molecular weight excluding hydrogens is 270 g/mol. The third kappa shape index (κ3) is 2.77. The summed E-state index contributed by atoms with van der Waals surface area (Å²) in [5, 5.41) is 0. The van der Waals surface area contributed by atoms with E-state index in [0.717, 1.165) is 45.6 Å². The minimum Gasteiger partial charge on any atom is -0.381 e. The molecule has 0 aliphatic carbocycles. The summed E-state index contributed by atoms with van der Waals surface area (Å²) in [5.74, 6) is 1.14. The second-order valence-electron chi connectivity index (χ2n) is 4.95. The maximum atomic E-state index is 12.3. The van der Waals surface area contributed by atoms with Gasteiger partial charge in [-0.3, -0.25) is 4.79 Å². The van der Waals surface area contributed by atoms with Gasteiger partial charge in [0.15, 0.2) is 0 Å². The fourth-order valence-electron chi connectivity index (χ4n) is 2.52. The van der Waals surface area contributed by atoms with E-state index < -0.39 is 0 Å². The Morgan fingerprint density at radius 2 is 2.00 bits per heavy atom. The summed E-state index contributed by atoms with van der Waals surface area (Å²) < 4.78 is 5.30. The number of likely N-dealkylation sites (tertiary alicyclic amines) is 1. The Balaban J connectivity index is 1.89. The topological polar surface area (TPSA) is 29.5 Å². The van der Waals surface area contributed by atoms with Crippen molar-refractivity contribution in [3.05, 3.63) is 0 Å². The molecule has 0 bridgehead atoms. The average Bonchev–Trinajstić information content (AvgIpc) is 2.33. The Kier molecular flexibility index (Phi) is 4.25. The Bertz CT molecular complexity index is 253. The number of carbonyl (C=O) groups excluding carboxylic acids is 1. The highest BCUT2D eigenvalue weighted by molar-refractivity contribution is 9.09. The first-order valence-electron chi connectivity index (χ1n) is 6.19. The van der Waals surface area contributed by atoms with E-state index in [1.807, 2.05) is 0 Å². The molecule has 0 aromatic rings. The van der Waals surface area contributed by atoms with Gasteiger partial charge in [0, 0.05) is 37.0 Å². The van der Waals surface area contributed by atoms with Crippen molar-refractivity contribution in [2.24, 2.45) is 11.8 Å². The maximum Gasteiger partial charge on any atom is 0.225 e. The molecule has 2 aliphatic heterocycles. The minimum atomic E-state index is 0.216. The van der Waals surface area contributed by atoms with Gasteiger partial charge in [-0.05, 0) is 25.2 Å². The zero-order valence-electron chi connectivity index (χ0n) is 9.82. The van der Waals surface area contributed by atoms with Crippen LogP contribution in [0.4, 0.5) is 0 Å². The first-order valence-corrected chi connectivity index (χ1v) is 7.10. The summed E-state index contributed by atoms with van der Waals surface area (Å²) in [7, 11) is 0. The van der Waals surface area contributed by atoms with E-state index in [-0.39, 0.29) is 5.92 Å². The number of nitrogens with zero attached hydrogens (tertiary/aromatic N) is 1. The number of hydrogen-bond donors (Lipinski definition) is 0. The van der Waals surface area contributed by atoms with E-state index in [1.165, 1.54) is 0 Å². The Morgan fingerprint density at radius 1 is 1.31 bits per heavy atom. The molecule has 0 spiro atoms. The van der Waals surface area contributed by atoms with Gasteiger partial charge in [0.1, 0.15) is 0 Å². The smallest absolute Gasteiger partial charge is 0.225 e. The van der Waals surface area contributed by atoms with Crippen LogP contribution in [0.15, 0.2) is 0 Å². The molecule has 1 amide bonds. The molecule has 0 aromatic carbocycles. The van der Waals surface area contributed by atoms with Crippen LogP contribution in [0, 0.1) is 11.8 Å². The number of rotatable bonds is 1. The quantitative estimate of drug-likeness (QED) is 0.692. The molecule has 2 atom stereocenters. The predicted molar refractivity (Wildman–Crippen MR) is 66.6 cm³/mol. The van der Waals surface area contributed by atoms with Gasteiger partial charge < -0.3 is 9.64 Å². The number of amides is 1. The standard InChI is InChI=1S/C12H20BrNO2/c1-9-8-14(5-2-11(9)13)12(15)10-3-6-16-7-4-10/h9-11H,2-8H2,1H3. The number of hydrogen-bond acceptors (Lipinski definition) is 2. The molecule has 2 aliphatic rings. The summed E-state index contributed by atoms with van der Waals surface area (Å²) in [6.07, 6.45) is 2.89. The van der Waals surface area contributed by atoms with Gasteiger partial charge in [-0.1, -0.05) is 22.9 Å². The summed E-state index contributed by atoms with van der Waals surface area (Å²) in [5.41, 5.74) is 0. The molecule has 0 radical (unpaired) electrons. The summed E-state index contributed by atoms with van der Waals surface area (Å²) in [6.45, 7) is 5.53. The van der Waals surface area contributed by atoms with Crippen molar-refractivity contribution in [3.8, 4) is 0 Å². The van der Waals surface area contributed by atoms with Crippen LogP contribution in [-0.2, 0) is 9.53 Å². The lowest BCUT2D eigenvalue weighted by Crippen LogP contribution is -2.46. The van der Waals surface area contributed by atoms with Crippen LogP contribution in [0.1, 0.15) is 26.2 Å². The molecule has 2 rings (SSSR count). The number of halogens is 1.